The second-order valence-corrected chi connectivity index (χ2v) is 4.56. The summed E-state index contributed by atoms with van der Waals surface area (Å²) in [7, 11) is 0. The Labute approximate surface area is 119 Å². The highest BCUT2D eigenvalue weighted by Crippen LogP contribution is 2.30. The number of halogens is 2. The van der Waals surface area contributed by atoms with Gasteiger partial charge in [-0.2, -0.15) is 0 Å². The largest absolute Gasteiger partial charge is 0.416 e. The summed E-state index contributed by atoms with van der Waals surface area (Å²) in [5.74, 6) is -0.137. The van der Waals surface area contributed by atoms with Gasteiger partial charge in [-0.25, -0.2) is 4.39 Å². The summed E-state index contributed by atoms with van der Waals surface area (Å²) in [6.45, 7) is 0. The normalized spacial score (nSPS) is 10.7. The van der Waals surface area contributed by atoms with Gasteiger partial charge >= 0.3 is 0 Å². The van der Waals surface area contributed by atoms with E-state index in [2.05, 4.69) is 10.2 Å². The van der Waals surface area contributed by atoms with Crippen LogP contribution >= 0.6 is 11.6 Å². The number of anilines is 1. The second-order valence-electron chi connectivity index (χ2n) is 4.12. The maximum absolute atomic E-state index is 13.7. The lowest BCUT2D eigenvalue weighted by Crippen LogP contribution is -1.89. The number of aromatic nitrogens is 2. The Kier molecular flexibility index (Phi) is 3.12. The molecule has 3 aromatic rings. The van der Waals surface area contributed by atoms with Crippen LogP contribution in [0.5, 0.6) is 0 Å². The maximum Gasteiger partial charge on any atom is 0.251 e. The van der Waals surface area contributed by atoms with Gasteiger partial charge in [-0.15, -0.1) is 10.2 Å². The fourth-order valence-corrected chi connectivity index (χ4v) is 1.96. The number of nitrogens with zero attached hydrogens (tertiary/aromatic N) is 2. The van der Waals surface area contributed by atoms with Crippen LogP contribution in [0.1, 0.15) is 0 Å². The molecule has 0 aliphatic carbocycles. The molecular formula is C14H9ClFN3O. The molecule has 0 saturated heterocycles. The Morgan fingerprint density at radius 1 is 1.00 bits per heavy atom. The van der Waals surface area contributed by atoms with Crippen LogP contribution in [0.2, 0.25) is 5.02 Å². The summed E-state index contributed by atoms with van der Waals surface area (Å²) in [6, 6.07) is 11.1. The third-order valence-corrected chi connectivity index (χ3v) is 3.01. The van der Waals surface area contributed by atoms with Gasteiger partial charge in [0.05, 0.1) is 11.1 Å². The lowest BCUT2D eigenvalue weighted by Gasteiger charge is -2.01. The maximum atomic E-state index is 13.7. The van der Waals surface area contributed by atoms with Gasteiger partial charge in [0.2, 0.25) is 5.89 Å². The second kappa shape index (κ2) is 4.94. The minimum absolute atomic E-state index is 0.0949. The molecule has 0 fully saturated rings. The van der Waals surface area contributed by atoms with Crippen molar-refractivity contribution in [2.45, 2.75) is 0 Å². The fourth-order valence-electron chi connectivity index (χ4n) is 1.79. The molecule has 0 atom stereocenters. The summed E-state index contributed by atoms with van der Waals surface area (Å²) in [5, 5.41) is 8.22. The Bertz CT molecular complexity index is 773. The fraction of sp³-hybridized carbons (Fsp3) is 0. The van der Waals surface area contributed by atoms with Crippen molar-refractivity contribution in [3.8, 4) is 22.9 Å². The molecule has 0 amide bonds. The molecule has 0 aliphatic rings. The van der Waals surface area contributed by atoms with Gasteiger partial charge in [-0.3, -0.25) is 0 Å². The van der Waals surface area contributed by atoms with E-state index in [0.29, 0.717) is 16.3 Å². The summed E-state index contributed by atoms with van der Waals surface area (Å²) < 4.78 is 19.1. The molecule has 1 heterocycles. The molecule has 0 saturated carbocycles. The van der Waals surface area contributed by atoms with Gasteiger partial charge in [0.25, 0.3) is 5.89 Å². The van der Waals surface area contributed by atoms with Crippen LogP contribution in [-0.4, -0.2) is 10.2 Å². The predicted molar refractivity (Wildman–Crippen MR) is 74.6 cm³/mol. The number of benzene rings is 2. The summed E-state index contributed by atoms with van der Waals surface area (Å²) in [5.41, 5.74) is 7.06. The minimum atomic E-state index is -0.429. The lowest BCUT2D eigenvalue weighted by molar-refractivity contribution is 0.571. The molecule has 0 unspecified atom stereocenters. The Morgan fingerprint density at radius 2 is 1.70 bits per heavy atom. The van der Waals surface area contributed by atoms with Crippen LogP contribution in [0, 0.1) is 5.82 Å². The van der Waals surface area contributed by atoms with Crippen molar-refractivity contribution >= 4 is 17.3 Å². The molecule has 0 radical (unpaired) electrons. The Morgan fingerprint density at radius 3 is 2.45 bits per heavy atom. The highest BCUT2D eigenvalue weighted by Gasteiger charge is 2.15. The number of hydrogen-bond acceptors (Lipinski definition) is 4. The summed E-state index contributed by atoms with van der Waals surface area (Å²) in [6.07, 6.45) is 0. The van der Waals surface area contributed by atoms with E-state index in [4.69, 9.17) is 21.8 Å². The smallest absolute Gasteiger partial charge is 0.251 e. The first-order valence-electron chi connectivity index (χ1n) is 5.79. The number of nitrogen functional groups attached to an aromatic ring is 1. The molecular weight excluding hydrogens is 281 g/mol. The summed E-state index contributed by atoms with van der Waals surface area (Å²) in [4.78, 5) is 0. The van der Waals surface area contributed by atoms with E-state index in [-0.39, 0.29) is 17.3 Å². The van der Waals surface area contributed by atoms with Crippen molar-refractivity contribution in [1.29, 1.82) is 0 Å². The van der Waals surface area contributed by atoms with Crippen molar-refractivity contribution in [2.75, 3.05) is 5.73 Å². The van der Waals surface area contributed by atoms with Gasteiger partial charge in [-0.05, 0) is 30.3 Å². The highest BCUT2D eigenvalue weighted by atomic mass is 35.5. The first-order chi connectivity index (χ1) is 9.65. The zero-order valence-corrected chi connectivity index (χ0v) is 10.9. The molecule has 0 aliphatic heterocycles. The van der Waals surface area contributed by atoms with Crippen LogP contribution in [0.3, 0.4) is 0 Å². The quantitative estimate of drug-likeness (QED) is 0.729. The highest BCUT2D eigenvalue weighted by molar-refractivity contribution is 6.31. The van der Waals surface area contributed by atoms with Gasteiger partial charge < -0.3 is 10.2 Å². The number of nitrogens with two attached hydrogens (primary N) is 1. The predicted octanol–water partition coefficient (Wildman–Crippen LogP) is 3.78. The van der Waals surface area contributed by atoms with Crippen molar-refractivity contribution in [3.63, 3.8) is 0 Å². The van der Waals surface area contributed by atoms with Crippen molar-refractivity contribution in [3.05, 3.63) is 53.3 Å². The van der Waals surface area contributed by atoms with Gasteiger partial charge in [0.1, 0.15) is 5.82 Å². The van der Waals surface area contributed by atoms with Gasteiger partial charge in [-0.1, -0.05) is 23.7 Å². The molecule has 0 spiro atoms. The zero-order chi connectivity index (χ0) is 14.1. The molecule has 1 aromatic heterocycles. The van der Waals surface area contributed by atoms with E-state index >= 15 is 0 Å². The molecule has 4 nitrogen and oxygen atoms in total. The molecule has 6 heteroatoms. The van der Waals surface area contributed by atoms with Crippen molar-refractivity contribution < 1.29 is 8.81 Å². The van der Waals surface area contributed by atoms with E-state index in [1.807, 2.05) is 0 Å². The molecule has 3 rings (SSSR count). The van der Waals surface area contributed by atoms with E-state index in [1.165, 1.54) is 6.07 Å². The Balaban J connectivity index is 2.07. The van der Waals surface area contributed by atoms with E-state index < -0.39 is 5.82 Å². The number of rotatable bonds is 2. The van der Waals surface area contributed by atoms with Crippen molar-refractivity contribution in [1.82, 2.24) is 10.2 Å². The van der Waals surface area contributed by atoms with Crippen molar-refractivity contribution in [2.24, 2.45) is 0 Å². The molecule has 2 N–H and O–H groups in total. The van der Waals surface area contributed by atoms with E-state index in [0.717, 1.165) is 0 Å². The summed E-state index contributed by atoms with van der Waals surface area (Å²) >= 11 is 5.91. The molecule has 2 aromatic carbocycles. The molecule has 20 heavy (non-hydrogen) atoms. The lowest BCUT2D eigenvalue weighted by atomic mass is 10.2. The van der Waals surface area contributed by atoms with E-state index in [9.17, 15) is 4.39 Å². The number of hydrogen-bond donors (Lipinski definition) is 1. The first kappa shape index (κ1) is 12.6. The topological polar surface area (TPSA) is 64.9 Å². The third-order valence-electron chi connectivity index (χ3n) is 2.78. The van der Waals surface area contributed by atoms with Crippen LogP contribution in [0.4, 0.5) is 10.1 Å². The van der Waals surface area contributed by atoms with Crippen LogP contribution in [0.15, 0.2) is 46.9 Å². The van der Waals surface area contributed by atoms with Crippen LogP contribution in [0.25, 0.3) is 22.9 Å². The average Bonchev–Trinajstić information content (AvgIpc) is 2.91. The first-order valence-corrected chi connectivity index (χ1v) is 6.17. The monoisotopic (exact) mass is 289 g/mol. The van der Waals surface area contributed by atoms with Crippen LogP contribution < -0.4 is 5.73 Å². The standard InChI is InChI=1S/C14H9ClFN3O/c15-8-5-6-12(17)10(7-8)14-19-18-13(20-14)9-3-1-2-4-11(9)16/h1-7H,17H2. The Hall–Kier alpha value is -2.40. The van der Waals surface area contributed by atoms with E-state index in [1.54, 1.807) is 36.4 Å². The SMILES string of the molecule is Nc1ccc(Cl)cc1-c1nnc(-c2ccccc2F)o1. The zero-order valence-electron chi connectivity index (χ0n) is 10.2. The molecule has 100 valence electrons. The third kappa shape index (κ3) is 2.23. The minimum Gasteiger partial charge on any atom is -0.416 e. The molecule has 0 bridgehead atoms. The van der Waals surface area contributed by atoms with Gasteiger partial charge in [0.15, 0.2) is 0 Å². The average molecular weight is 290 g/mol. The van der Waals surface area contributed by atoms with Crippen LogP contribution in [-0.2, 0) is 0 Å². The van der Waals surface area contributed by atoms with Gasteiger partial charge in [0, 0.05) is 10.7 Å².